The number of nitrogens with one attached hydrogen (secondary N) is 1. The first-order valence-corrected chi connectivity index (χ1v) is 5.88. The lowest BCUT2D eigenvalue weighted by molar-refractivity contribution is 0.415. The topological polar surface area (TPSA) is 63.9 Å². The third-order valence-corrected chi connectivity index (χ3v) is 2.84. The van der Waals surface area contributed by atoms with Crippen molar-refractivity contribution < 1.29 is 9.15 Å². The molecule has 0 aliphatic carbocycles. The Balaban J connectivity index is 1.91. The van der Waals surface area contributed by atoms with E-state index < -0.39 is 0 Å². The SMILES string of the molecule is COc1ccc(-c2cnc(-c3coc(C)n3)[nH]2)cc1. The maximum absolute atomic E-state index is 5.18. The summed E-state index contributed by atoms with van der Waals surface area (Å²) in [5, 5.41) is 0. The van der Waals surface area contributed by atoms with Crippen LogP contribution in [-0.4, -0.2) is 22.1 Å². The average Bonchev–Trinajstić information content (AvgIpc) is 3.07. The highest BCUT2D eigenvalue weighted by Gasteiger charge is 2.09. The van der Waals surface area contributed by atoms with Crippen LogP contribution in [0.15, 0.2) is 41.1 Å². The molecule has 2 heterocycles. The van der Waals surface area contributed by atoms with E-state index in [1.54, 1.807) is 26.5 Å². The second-order valence-corrected chi connectivity index (χ2v) is 4.13. The van der Waals surface area contributed by atoms with Crippen LogP contribution in [0, 0.1) is 6.92 Å². The second kappa shape index (κ2) is 4.61. The lowest BCUT2D eigenvalue weighted by Gasteiger charge is -2.00. The van der Waals surface area contributed by atoms with Crippen LogP contribution in [0.1, 0.15) is 5.89 Å². The van der Waals surface area contributed by atoms with E-state index in [2.05, 4.69) is 15.0 Å². The molecule has 0 bridgehead atoms. The van der Waals surface area contributed by atoms with Crippen LogP contribution in [0.5, 0.6) is 5.75 Å². The summed E-state index contributed by atoms with van der Waals surface area (Å²) in [4.78, 5) is 11.8. The van der Waals surface area contributed by atoms with Gasteiger partial charge in [0.2, 0.25) is 0 Å². The summed E-state index contributed by atoms with van der Waals surface area (Å²) >= 11 is 0. The quantitative estimate of drug-likeness (QED) is 0.781. The largest absolute Gasteiger partial charge is 0.497 e. The Labute approximate surface area is 110 Å². The molecule has 0 unspecified atom stereocenters. The van der Waals surface area contributed by atoms with E-state index in [0.29, 0.717) is 17.4 Å². The molecule has 0 aliphatic rings. The van der Waals surface area contributed by atoms with E-state index in [0.717, 1.165) is 17.0 Å². The Kier molecular flexibility index (Phi) is 2.79. The molecule has 5 nitrogen and oxygen atoms in total. The fourth-order valence-electron chi connectivity index (χ4n) is 1.84. The minimum Gasteiger partial charge on any atom is -0.497 e. The number of ether oxygens (including phenoxy) is 1. The first-order chi connectivity index (χ1) is 9.26. The Morgan fingerprint density at radius 1 is 1.21 bits per heavy atom. The number of aryl methyl sites for hydroxylation is 1. The van der Waals surface area contributed by atoms with Gasteiger partial charge in [-0.2, -0.15) is 0 Å². The fourth-order valence-corrected chi connectivity index (χ4v) is 1.84. The molecule has 1 N–H and O–H groups in total. The van der Waals surface area contributed by atoms with Gasteiger partial charge in [0, 0.05) is 6.92 Å². The maximum atomic E-state index is 5.18. The number of aromatic amines is 1. The van der Waals surface area contributed by atoms with Gasteiger partial charge in [-0.05, 0) is 29.8 Å². The van der Waals surface area contributed by atoms with E-state index in [-0.39, 0.29) is 0 Å². The van der Waals surface area contributed by atoms with Crippen molar-refractivity contribution in [1.82, 2.24) is 15.0 Å². The average molecular weight is 255 g/mol. The number of imidazole rings is 1. The number of methoxy groups -OCH3 is 1. The zero-order valence-corrected chi connectivity index (χ0v) is 10.7. The van der Waals surface area contributed by atoms with Gasteiger partial charge in [0.1, 0.15) is 17.7 Å². The Morgan fingerprint density at radius 2 is 2.00 bits per heavy atom. The van der Waals surface area contributed by atoms with Gasteiger partial charge in [-0.25, -0.2) is 9.97 Å². The number of H-pyrrole nitrogens is 1. The minimum atomic E-state index is 0.623. The first-order valence-electron chi connectivity index (χ1n) is 5.88. The molecule has 3 aromatic rings. The van der Waals surface area contributed by atoms with Crippen LogP contribution < -0.4 is 4.74 Å². The van der Waals surface area contributed by atoms with Crippen LogP contribution in [0.25, 0.3) is 22.8 Å². The number of benzene rings is 1. The number of aromatic nitrogens is 3. The molecule has 0 aliphatic heterocycles. The standard InChI is InChI=1S/C14H13N3O2/c1-9-16-13(8-19-9)14-15-7-12(17-14)10-3-5-11(18-2)6-4-10/h3-8H,1-2H3,(H,15,17). The predicted molar refractivity (Wildman–Crippen MR) is 70.8 cm³/mol. The molecule has 0 saturated heterocycles. The molecule has 0 spiro atoms. The van der Waals surface area contributed by atoms with Crippen molar-refractivity contribution in [1.29, 1.82) is 0 Å². The third-order valence-electron chi connectivity index (χ3n) is 2.84. The number of hydrogen-bond donors (Lipinski definition) is 1. The summed E-state index contributed by atoms with van der Waals surface area (Å²) in [6.07, 6.45) is 3.37. The zero-order chi connectivity index (χ0) is 13.2. The molecule has 5 heteroatoms. The van der Waals surface area contributed by atoms with Crippen LogP contribution >= 0.6 is 0 Å². The van der Waals surface area contributed by atoms with Gasteiger partial charge in [0.25, 0.3) is 0 Å². The molecule has 3 rings (SSSR count). The molecule has 0 amide bonds. The van der Waals surface area contributed by atoms with E-state index in [1.807, 2.05) is 24.3 Å². The second-order valence-electron chi connectivity index (χ2n) is 4.13. The molecular weight excluding hydrogens is 242 g/mol. The molecule has 0 fully saturated rings. The Hall–Kier alpha value is -2.56. The Morgan fingerprint density at radius 3 is 2.63 bits per heavy atom. The lowest BCUT2D eigenvalue weighted by atomic mass is 10.2. The van der Waals surface area contributed by atoms with E-state index in [1.165, 1.54) is 0 Å². The van der Waals surface area contributed by atoms with Gasteiger partial charge in [0.15, 0.2) is 11.7 Å². The highest BCUT2D eigenvalue weighted by Crippen LogP contribution is 2.23. The van der Waals surface area contributed by atoms with Gasteiger partial charge in [-0.15, -0.1) is 0 Å². The van der Waals surface area contributed by atoms with Crippen molar-refractivity contribution in [2.75, 3.05) is 7.11 Å². The molecule has 2 aromatic heterocycles. The number of rotatable bonds is 3. The van der Waals surface area contributed by atoms with Gasteiger partial charge in [-0.1, -0.05) is 0 Å². The van der Waals surface area contributed by atoms with Gasteiger partial charge in [-0.3, -0.25) is 0 Å². The maximum Gasteiger partial charge on any atom is 0.191 e. The Bertz CT molecular complexity index is 683. The van der Waals surface area contributed by atoms with Gasteiger partial charge < -0.3 is 14.1 Å². The van der Waals surface area contributed by atoms with Crippen molar-refractivity contribution >= 4 is 0 Å². The van der Waals surface area contributed by atoms with Crippen molar-refractivity contribution in [2.45, 2.75) is 6.92 Å². The molecule has 0 atom stereocenters. The summed E-state index contributed by atoms with van der Waals surface area (Å²) in [6, 6.07) is 7.78. The molecule has 0 radical (unpaired) electrons. The number of hydrogen-bond acceptors (Lipinski definition) is 4. The summed E-state index contributed by atoms with van der Waals surface area (Å²) in [5.41, 5.74) is 2.68. The van der Waals surface area contributed by atoms with E-state index in [4.69, 9.17) is 9.15 Å². The van der Waals surface area contributed by atoms with E-state index >= 15 is 0 Å². The van der Waals surface area contributed by atoms with Crippen molar-refractivity contribution in [2.24, 2.45) is 0 Å². The summed E-state index contributed by atoms with van der Waals surface area (Å²) in [7, 11) is 1.65. The highest BCUT2D eigenvalue weighted by molar-refractivity contribution is 5.63. The predicted octanol–water partition coefficient (Wildman–Crippen LogP) is 3.05. The first kappa shape index (κ1) is 11.5. The summed E-state index contributed by atoms with van der Waals surface area (Å²) < 4.78 is 10.3. The smallest absolute Gasteiger partial charge is 0.191 e. The molecule has 19 heavy (non-hydrogen) atoms. The van der Waals surface area contributed by atoms with Crippen molar-refractivity contribution in [3.8, 4) is 28.5 Å². The van der Waals surface area contributed by atoms with Crippen LogP contribution in [0.2, 0.25) is 0 Å². The van der Waals surface area contributed by atoms with Crippen molar-refractivity contribution in [3.05, 3.63) is 42.6 Å². The van der Waals surface area contributed by atoms with Gasteiger partial charge >= 0.3 is 0 Å². The third kappa shape index (κ3) is 2.22. The fraction of sp³-hybridized carbons (Fsp3) is 0.143. The van der Waals surface area contributed by atoms with Gasteiger partial charge in [0.05, 0.1) is 19.0 Å². The van der Waals surface area contributed by atoms with Crippen LogP contribution in [0.3, 0.4) is 0 Å². The van der Waals surface area contributed by atoms with Crippen LogP contribution in [-0.2, 0) is 0 Å². The molecule has 0 saturated carbocycles. The molecular formula is C14H13N3O2. The zero-order valence-electron chi connectivity index (χ0n) is 10.7. The van der Waals surface area contributed by atoms with E-state index in [9.17, 15) is 0 Å². The number of nitrogens with zero attached hydrogens (tertiary/aromatic N) is 2. The van der Waals surface area contributed by atoms with Crippen molar-refractivity contribution in [3.63, 3.8) is 0 Å². The van der Waals surface area contributed by atoms with Crippen LogP contribution in [0.4, 0.5) is 0 Å². The molecule has 1 aromatic carbocycles. The highest BCUT2D eigenvalue weighted by atomic mass is 16.5. The minimum absolute atomic E-state index is 0.623. The monoisotopic (exact) mass is 255 g/mol. The lowest BCUT2D eigenvalue weighted by Crippen LogP contribution is -1.83. The number of oxazole rings is 1. The molecule has 96 valence electrons. The summed E-state index contributed by atoms with van der Waals surface area (Å²) in [6.45, 7) is 1.80. The summed E-state index contributed by atoms with van der Waals surface area (Å²) in [5.74, 6) is 2.15. The normalized spacial score (nSPS) is 10.6.